The SMILES string of the molecule is CC(C)c1nc(Cn2cc(CNC3CC3)nn2)no1. The van der Waals surface area contributed by atoms with Crippen LogP contribution in [-0.2, 0) is 13.1 Å². The summed E-state index contributed by atoms with van der Waals surface area (Å²) < 4.78 is 6.89. The molecule has 0 amide bonds. The number of hydrogen-bond donors (Lipinski definition) is 1. The van der Waals surface area contributed by atoms with Gasteiger partial charge in [0.25, 0.3) is 0 Å². The van der Waals surface area contributed by atoms with Crippen molar-refractivity contribution in [2.75, 3.05) is 0 Å². The summed E-state index contributed by atoms with van der Waals surface area (Å²) in [6.07, 6.45) is 4.46. The number of hydrogen-bond acceptors (Lipinski definition) is 6. The third-order valence-electron chi connectivity index (χ3n) is 3.02. The van der Waals surface area contributed by atoms with Crippen molar-refractivity contribution in [1.82, 2.24) is 30.5 Å². The molecule has 102 valence electrons. The molecular weight excluding hydrogens is 244 g/mol. The Kier molecular flexibility index (Phi) is 3.29. The molecule has 1 aliphatic rings. The summed E-state index contributed by atoms with van der Waals surface area (Å²) in [4.78, 5) is 4.32. The predicted octanol–water partition coefficient (Wildman–Crippen LogP) is 1.08. The standard InChI is InChI=1S/C12H18N6O/c1-8(2)12-14-11(16-19-12)7-18-6-10(15-17-18)5-13-9-3-4-9/h6,8-9,13H,3-5,7H2,1-2H3. The average Bonchev–Trinajstić information content (AvgIpc) is 2.91. The van der Waals surface area contributed by atoms with Crippen molar-refractivity contribution < 1.29 is 4.52 Å². The zero-order valence-corrected chi connectivity index (χ0v) is 11.2. The van der Waals surface area contributed by atoms with E-state index in [2.05, 4.69) is 25.8 Å². The highest BCUT2D eigenvalue weighted by atomic mass is 16.5. The second-order valence-electron chi connectivity index (χ2n) is 5.27. The topological polar surface area (TPSA) is 81.7 Å². The van der Waals surface area contributed by atoms with Gasteiger partial charge in [-0.25, -0.2) is 4.68 Å². The van der Waals surface area contributed by atoms with Crippen molar-refractivity contribution >= 4 is 0 Å². The summed E-state index contributed by atoms with van der Waals surface area (Å²) in [6, 6.07) is 0.677. The Balaban J connectivity index is 1.58. The average molecular weight is 262 g/mol. The summed E-state index contributed by atoms with van der Waals surface area (Å²) in [6.45, 7) is 5.31. The quantitative estimate of drug-likeness (QED) is 0.839. The second kappa shape index (κ2) is 5.08. The van der Waals surface area contributed by atoms with Gasteiger partial charge in [0.2, 0.25) is 5.89 Å². The van der Waals surface area contributed by atoms with Gasteiger partial charge in [0.15, 0.2) is 5.82 Å². The van der Waals surface area contributed by atoms with Crippen molar-refractivity contribution in [1.29, 1.82) is 0 Å². The van der Waals surface area contributed by atoms with Gasteiger partial charge >= 0.3 is 0 Å². The maximum atomic E-state index is 5.16. The summed E-state index contributed by atoms with van der Waals surface area (Å²) in [5.74, 6) is 1.54. The maximum Gasteiger partial charge on any atom is 0.229 e. The van der Waals surface area contributed by atoms with Gasteiger partial charge in [-0.15, -0.1) is 5.10 Å². The zero-order valence-electron chi connectivity index (χ0n) is 11.2. The first-order valence-corrected chi connectivity index (χ1v) is 6.65. The van der Waals surface area contributed by atoms with Crippen molar-refractivity contribution in [3.05, 3.63) is 23.6 Å². The fourth-order valence-electron chi connectivity index (χ4n) is 1.74. The van der Waals surface area contributed by atoms with Crippen LogP contribution in [0.1, 0.15) is 50.0 Å². The Morgan fingerprint density at radius 1 is 1.47 bits per heavy atom. The van der Waals surface area contributed by atoms with Crippen LogP contribution in [0.4, 0.5) is 0 Å². The highest BCUT2D eigenvalue weighted by Gasteiger charge is 2.20. The number of nitrogens with one attached hydrogen (secondary N) is 1. The third kappa shape index (κ3) is 3.17. The van der Waals surface area contributed by atoms with Gasteiger partial charge in [-0.05, 0) is 12.8 Å². The summed E-state index contributed by atoms with van der Waals surface area (Å²) in [5, 5.41) is 15.5. The smallest absolute Gasteiger partial charge is 0.229 e. The normalized spacial score (nSPS) is 15.3. The number of aromatic nitrogens is 5. The molecule has 7 nitrogen and oxygen atoms in total. The molecule has 1 N–H and O–H groups in total. The molecule has 19 heavy (non-hydrogen) atoms. The third-order valence-corrected chi connectivity index (χ3v) is 3.02. The monoisotopic (exact) mass is 262 g/mol. The van der Waals surface area contributed by atoms with Crippen molar-refractivity contribution in [3.63, 3.8) is 0 Å². The van der Waals surface area contributed by atoms with Crippen LogP contribution in [-0.4, -0.2) is 31.2 Å². The van der Waals surface area contributed by atoms with E-state index in [1.165, 1.54) is 12.8 Å². The van der Waals surface area contributed by atoms with E-state index < -0.39 is 0 Å². The first-order chi connectivity index (χ1) is 9.20. The van der Waals surface area contributed by atoms with Crippen LogP contribution in [0.15, 0.2) is 10.7 Å². The highest BCUT2D eigenvalue weighted by molar-refractivity contribution is 4.96. The number of rotatable bonds is 6. The van der Waals surface area contributed by atoms with Gasteiger partial charge in [0, 0.05) is 18.5 Å². The molecule has 0 aliphatic heterocycles. The Bertz CT molecular complexity index is 542. The molecule has 1 aliphatic carbocycles. The second-order valence-corrected chi connectivity index (χ2v) is 5.27. The molecular formula is C12H18N6O. The Labute approximate surface area is 111 Å². The van der Waals surface area contributed by atoms with Crippen LogP contribution in [0.25, 0.3) is 0 Å². The molecule has 0 saturated heterocycles. The van der Waals surface area contributed by atoms with E-state index in [4.69, 9.17) is 4.52 Å². The summed E-state index contributed by atoms with van der Waals surface area (Å²) in [7, 11) is 0. The van der Waals surface area contributed by atoms with E-state index in [1.54, 1.807) is 4.68 Å². The Morgan fingerprint density at radius 2 is 2.32 bits per heavy atom. The van der Waals surface area contributed by atoms with Crippen LogP contribution in [0.2, 0.25) is 0 Å². The van der Waals surface area contributed by atoms with E-state index in [0.717, 1.165) is 12.2 Å². The first kappa shape index (κ1) is 12.3. The molecule has 0 spiro atoms. The molecule has 7 heteroatoms. The van der Waals surface area contributed by atoms with E-state index in [9.17, 15) is 0 Å². The predicted molar refractivity (Wildman–Crippen MR) is 67.4 cm³/mol. The van der Waals surface area contributed by atoms with Crippen LogP contribution in [0.3, 0.4) is 0 Å². The molecule has 0 unspecified atom stereocenters. The lowest BCUT2D eigenvalue weighted by Gasteiger charge is -1.96. The minimum absolute atomic E-state index is 0.246. The molecule has 0 aromatic carbocycles. The molecule has 2 aromatic rings. The van der Waals surface area contributed by atoms with Gasteiger partial charge in [-0.1, -0.05) is 24.2 Å². The van der Waals surface area contributed by atoms with Crippen LogP contribution >= 0.6 is 0 Å². The Hall–Kier alpha value is -1.76. The minimum atomic E-state index is 0.246. The van der Waals surface area contributed by atoms with Gasteiger partial charge in [0.05, 0.1) is 11.9 Å². The van der Waals surface area contributed by atoms with E-state index in [0.29, 0.717) is 24.3 Å². The van der Waals surface area contributed by atoms with Crippen molar-refractivity contribution in [2.45, 2.75) is 51.7 Å². The fourth-order valence-corrected chi connectivity index (χ4v) is 1.74. The van der Waals surface area contributed by atoms with E-state index >= 15 is 0 Å². The molecule has 0 bridgehead atoms. The molecule has 2 heterocycles. The van der Waals surface area contributed by atoms with Crippen LogP contribution in [0.5, 0.6) is 0 Å². The van der Waals surface area contributed by atoms with Gasteiger partial charge < -0.3 is 9.84 Å². The Morgan fingerprint density at radius 3 is 3.00 bits per heavy atom. The lowest BCUT2D eigenvalue weighted by molar-refractivity contribution is 0.359. The molecule has 0 radical (unpaired) electrons. The van der Waals surface area contributed by atoms with Crippen molar-refractivity contribution in [2.24, 2.45) is 0 Å². The molecule has 0 atom stereocenters. The molecule has 3 rings (SSSR count). The highest BCUT2D eigenvalue weighted by Crippen LogP contribution is 2.18. The lowest BCUT2D eigenvalue weighted by Crippen LogP contribution is -2.15. The molecule has 1 saturated carbocycles. The van der Waals surface area contributed by atoms with Gasteiger partial charge in [0.1, 0.15) is 6.54 Å². The maximum absolute atomic E-state index is 5.16. The van der Waals surface area contributed by atoms with Crippen LogP contribution < -0.4 is 5.32 Å². The lowest BCUT2D eigenvalue weighted by atomic mass is 10.2. The first-order valence-electron chi connectivity index (χ1n) is 6.65. The molecule has 1 fully saturated rings. The van der Waals surface area contributed by atoms with Crippen LogP contribution in [0, 0.1) is 0 Å². The largest absolute Gasteiger partial charge is 0.339 e. The molecule has 2 aromatic heterocycles. The van der Waals surface area contributed by atoms with Gasteiger partial charge in [-0.2, -0.15) is 4.98 Å². The van der Waals surface area contributed by atoms with E-state index in [-0.39, 0.29) is 5.92 Å². The fraction of sp³-hybridized carbons (Fsp3) is 0.667. The van der Waals surface area contributed by atoms with Crippen molar-refractivity contribution in [3.8, 4) is 0 Å². The number of nitrogens with zero attached hydrogens (tertiary/aromatic N) is 5. The minimum Gasteiger partial charge on any atom is -0.339 e. The zero-order chi connectivity index (χ0) is 13.2. The summed E-state index contributed by atoms with van der Waals surface area (Å²) in [5.41, 5.74) is 0.944. The van der Waals surface area contributed by atoms with Gasteiger partial charge in [-0.3, -0.25) is 0 Å². The van der Waals surface area contributed by atoms with E-state index in [1.807, 2.05) is 20.0 Å². The summed E-state index contributed by atoms with van der Waals surface area (Å²) >= 11 is 0.